The first-order valence-corrected chi connectivity index (χ1v) is 7.61. The fourth-order valence-electron chi connectivity index (χ4n) is 1.89. The molecule has 3 nitrogen and oxygen atoms in total. The van der Waals surface area contributed by atoms with Gasteiger partial charge < -0.3 is 10.1 Å². The van der Waals surface area contributed by atoms with Crippen molar-refractivity contribution < 1.29 is 9.53 Å². The Morgan fingerprint density at radius 2 is 1.61 bits per heavy atom. The molecule has 0 aromatic heterocycles. The number of esters is 1. The fourth-order valence-corrected chi connectivity index (χ4v) is 1.89. The van der Waals surface area contributed by atoms with Crippen molar-refractivity contribution in [2.24, 2.45) is 0 Å². The molecule has 0 fully saturated rings. The van der Waals surface area contributed by atoms with Gasteiger partial charge in [-0.15, -0.1) is 0 Å². The molecule has 0 spiro atoms. The summed E-state index contributed by atoms with van der Waals surface area (Å²) >= 11 is 0. The Bertz CT molecular complexity index is 183. The van der Waals surface area contributed by atoms with Crippen LogP contribution in [0.5, 0.6) is 0 Å². The molecule has 0 bridgehead atoms. The van der Waals surface area contributed by atoms with Crippen LogP contribution in [0.2, 0.25) is 0 Å². The molecule has 0 rings (SSSR count). The molecule has 1 N–H and O–H groups in total. The summed E-state index contributed by atoms with van der Waals surface area (Å²) in [6, 6.07) is 0. The highest BCUT2D eigenvalue weighted by atomic mass is 16.5. The summed E-state index contributed by atoms with van der Waals surface area (Å²) in [5, 5.41) is 3.14. The van der Waals surface area contributed by atoms with Gasteiger partial charge in [0.2, 0.25) is 0 Å². The van der Waals surface area contributed by atoms with Gasteiger partial charge in [0.25, 0.3) is 0 Å². The number of hydrogen-bond donors (Lipinski definition) is 1. The van der Waals surface area contributed by atoms with E-state index < -0.39 is 0 Å². The maximum atomic E-state index is 11.4. The first-order chi connectivity index (χ1) is 8.81. The van der Waals surface area contributed by atoms with E-state index in [9.17, 15) is 4.79 Å². The Labute approximate surface area is 113 Å². The SMILES string of the molecule is CCCCCCOC(=O)CCCCCCCNC. The van der Waals surface area contributed by atoms with E-state index in [0.717, 1.165) is 25.8 Å². The summed E-state index contributed by atoms with van der Waals surface area (Å²) in [5.41, 5.74) is 0. The van der Waals surface area contributed by atoms with Crippen LogP contribution in [0.15, 0.2) is 0 Å². The number of nitrogens with one attached hydrogen (secondary N) is 1. The minimum atomic E-state index is -0.0123. The Hall–Kier alpha value is -0.570. The number of ether oxygens (including phenoxy) is 1. The first kappa shape index (κ1) is 17.4. The summed E-state index contributed by atoms with van der Waals surface area (Å²) < 4.78 is 5.18. The standard InChI is InChI=1S/C15H31NO2/c1-3-4-5-11-14-18-15(17)12-9-7-6-8-10-13-16-2/h16H,3-14H2,1-2H3. The highest BCUT2D eigenvalue weighted by Gasteiger charge is 2.02. The predicted octanol–water partition coefficient (Wildman–Crippen LogP) is 3.67. The third-order valence-corrected chi connectivity index (χ3v) is 3.07. The van der Waals surface area contributed by atoms with Crippen molar-refractivity contribution in [2.75, 3.05) is 20.2 Å². The van der Waals surface area contributed by atoms with Gasteiger partial charge in [0, 0.05) is 6.42 Å². The van der Waals surface area contributed by atoms with Crippen LogP contribution in [0.1, 0.15) is 71.1 Å². The predicted molar refractivity (Wildman–Crippen MR) is 76.7 cm³/mol. The van der Waals surface area contributed by atoms with Gasteiger partial charge in [0.15, 0.2) is 0 Å². The summed E-state index contributed by atoms with van der Waals surface area (Å²) in [6.07, 6.45) is 11.1. The number of carbonyl (C=O) groups is 1. The second-order valence-corrected chi connectivity index (χ2v) is 4.90. The minimum absolute atomic E-state index is 0.0123. The summed E-state index contributed by atoms with van der Waals surface area (Å²) in [5.74, 6) is -0.0123. The second kappa shape index (κ2) is 14.5. The molecule has 108 valence electrons. The average molecular weight is 257 g/mol. The van der Waals surface area contributed by atoms with E-state index >= 15 is 0 Å². The quantitative estimate of drug-likeness (QED) is 0.404. The highest BCUT2D eigenvalue weighted by Crippen LogP contribution is 2.06. The monoisotopic (exact) mass is 257 g/mol. The summed E-state index contributed by atoms with van der Waals surface area (Å²) in [4.78, 5) is 11.4. The lowest BCUT2D eigenvalue weighted by atomic mass is 10.1. The van der Waals surface area contributed by atoms with Gasteiger partial charge in [-0.2, -0.15) is 0 Å². The molecule has 0 aromatic rings. The largest absolute Gasteiger partial charge is 0.466 e. The van der Waals surface area contributed by atoms with E-state index in [1.807, 2.05) is 7.05 Å². The Balaban J connectivity index is 3.12. The van der Waals surface area contributed by atoms with E-state index in [-0.39, 0.29) is 5.97 Å². The van der Waals surface area contributed by atoms with E-state index in [1.165, 1.54) is 38.5 Å². The molecule has 0 aliphatic heterocycles. The molecule has 0 radical (unpaired) electrons. The van der Waals surface area contributed by atoms with Crippen LogP contribution in [0, 0.1) is 0 Å². The van der Waals surface area contributed by atoms with Crippen LogP contribution in [0.3, 0.4) is 0 Å². The van der Waals surface area contributed by atoms with Crippen molar-refractivity contribution in [2.45, 2.75) is 71.1 Å². The maximum absolute atomic E-state index is 11.4. The van der Waals surface area contributed by atoms with Gasteiger partial charge in [-0.1, -0.05) is 45.4 Å². The summed E-state index contributed by atoms with van der Waals surface area (Å²) in [7, 11) is 1.98. The van der Waals surface area contributed by atoms with E-state index in [1.54, 1.807) is 0 Å². The lowest BCUT2D eigenvalue weighted by Crippen LogP contribution is -2.07. The zero-order valence-corrected chi connectivity index (χ0v) is 12.3. The van der Waals surface area contributed by atoms with Crippen LogP contribution >= 0.6 is 0 Å². The lowest BCUT2D eigenvalue weighted by molar-refractivity contribution is -0.143. The molecule has 0 aromatic carbocycles. The van der Waals surface area contributed by atoms with Gasteiger partial charge >= 0.3 is 5.97 Å². The topological polar surface area (TPSA) is 38.3 Å². The van der Waals surface area contributed by atoms with Crippen molar-refractivity contribution in [3.05, 3.63) is 0 Å². The normalized spacial score (nSPS) is 10.6. The third-order valence-electron chi connectivity index (χ3n) is 3.07. The second-order valence-electron chi connectivity index (χ2n) is 4.90. The zero-order chi connectivity index (χ0) is 13.5. The minimum Gasteiger partial charge on any atom is -0.466 e. The Kier molecular flexibility index (Phi) is 14.0. The molecule has 0 aliphatic carbocycles. The average Bonchev–Trinajstić information content (AvgIpc) is 2.37. The highest BCUT2D eigenvalue weighted by molar-refractivity contribution is 5.69. The molecule has 0 amide bonds. The van der Waals surface area contributed by atoms with Crippen molar-refractivity contribution in [1.29, 1.82) is 0 Å². The molecule has 18 heavy (non-hydrogen) atoms. The maximum Gasteiger partial charge on any atom is 0.305 e. The van der Waals surface area contributed by atoms with E-state index in [4.69, 9.17) is 4.74 Å². The summed E-state index contributed by atoms with van der Waals surface area (Å²) in [6.45, 7) is 3.89. The van der Waals surface area contributed by atoms with Crippen LogP contribution < -0.4 is 5.32 Å². The molecule has 3 heteroatoms. The van der Waals surface area contributed by atoms with Crippen LogP contribution in [-0.4, -0.2) is 26.2 Å². The van der Waals surface area contributed by atoms with E-state index in [2.05, 4.69) is 12.2 Å². The zero-order valence-electron chi connectivity index (χ0n) is 12.3. The van der Waals surface area contributed by atoms with Crippen LogP contribution in [-0.2, 0) is 9.53 Å². The molecule has 0 heterocycles. The molecule has 0 saturated carbocycles. The van der Waals surface area contributed by atoms with Crippen molar-refractivity contribution >= 4 is 5.97 Å². The number of unbranched alkanes of at least 4 members (excludes halogenated alkanes) is 7. The lowest BCUT2D eigenvalue weighted by Gasteiger charge is -2.04. The van der Waals surface area contributed by atoms with Crippen molar-refractivity contribution in [1.82, 2.24) is 5.32 Å². The fraction of sp³-hybridized carbons (Fsp3) is 0.933. The molecular weight excluding hydrogens is 226 g/mol. The van der Waals surface area contributed by atoms with Crippen LogP contribution in [0.25, 0.3) is 0 Å². The third kappa shape index (κ3) is 13.5. The van der Waals surface area contributed by atoms with Gasteiger partial charge in [-0.05, 0) is 32.9 Å². The number of carbonyl (C=O) groups excluding carboxylic acids is 1. The molecule has 0 atom stereocenters. The molecule has 0 unspecified atom stereocenters. The smallest absolute Gasteiger partial charge is 0.305 e. The number of hydrogen-bond acceptors (Lipinski definition) is 3. The Morgan fingerprint density at radius 1 is 0.944 bits per heavy atom. The first-order valence-electron chi connectivity index (χ1n) is 7.61. The van der Waals surface area contributed by atoms with Gasteiger partial charge in [-0.3, -0.25) is 4.79 Å². The molecular formula is C15H31NO2. The Morgan fingerprint density at radius 3 is 2.33 bits per heavy atom. The van der Waals surface area contributed by atoms with Crippen LogP contribution in [0.4, 0.5) is 0 Å². The number of rotatable bonds is 13. The molecule has 0 saturated heterocycles. The van der Waals surface area contributed by atoms with E-state index in [0.29, 0.717) is 13.0 Å². The van der Waals surface area contributed by atoms with Crippen molar-refractivity contribution in [3.63, 3.8) is 0 Å². The van der Waals surface area contributed by atoms with Gasteiger partial charge in [-0.25, -0.2) is 0 Å². The molecule has 0 aliphatic rings. The van der Waals surface area contributed by atoms with Gasteiger partial charge in [0.05, 0.1) is 6.61 Å². The van der Waals surface area contributed by atoms with Crippen molar-refractivity contribution in [3.8, 4) is 0 Å². The van der Waals surface area contributed by atoms with Gasteiger partial charge in [0.1, 0.15) is 0 Å².